The van der Waals surface area contributed by atoms with Crippen molar-refractivity contribution in [3.05, 3.63) is 71.5 Å². The smallest absolute Gasteiger partial charge is 0.410 e. The third-order valence-corrected chi connectivity index (χ3v) is 8.54. The Balaban J connectivity index is 1.18. The Morgan fingerprint density at radius 2 is 1.83 bits per heavy atom. The Morgan fingerprint density at radius 1 is 1.00 bits per heavy atom. The van der Waals surface area contributed by atoms with E-state index in [-0.39, 0.29) is 18.2 Å². The lowest BCUT2D eigenvalue weighted by Crippen LogP contribution is -2.36. The van der Waals surface area contributed by atoms with E-state index >= 15 is 0 Å². The molecule has 3 aliphatic rings. The number of aryl methyl sites for hydroxylation is 2. The molecule has 0 spiro atoms. The molecule has 4 heterocycles. The van der Waals surface area contributed by atoms with Gasteiger partial charge in [-0.25, -0.2) is 14.8 Å². The highest BCUT2D eigenvalue weighted by Gasteiger charge is 2.36. The molecule has 0 radical (unpaired) electrons. The minimum Gasteiger partial charge on any atom is -0.444 e. The van der Waals surface area contributed by atoms with Crippen LogP contribution in [0.3, 0.4) is 0 Å². The molecule has 2 unspecified atom stereocenters. The van der Waals surface area contributed by atoms with Gasteiger partial charge in [0.2, 0.25) is 0 Å². The van der Waals surface area contributed by atoms with Crippen molar-refractivity contribution in [2.75, 3.05) is 13.1 Å². The van der Waals surface area contributed by atoms with Crippen LogP contribution in [0, 0.1) is 0 Å². The number of carbonyl (C=O) groups is 1. The lowest BCUT2D eigenvalue weighted by Gasteiger charge is -2.27. The topological polar surface area (TPSA) is 98.9 Å². The maximum absolute atomic E-state index is 12.9. The van der Waals surface area contributed by atoms with Gasteiger partial charge in [-0.3, -0.25) is 4.90 Å². The zero-order valence-electron chi connectivity index (χ0n) is 24.1. The van der Waals surface area contributed by atoms with E-state index in [4.69, 9.17) is 14.7 Å². The summed E-state index contributed by atoms with van der Waals surface area (Å²) in [4.78, 5) is 31.9. The molecule has 0 saturated carbocycles. The van der Waals surface area contributed by atoms with Gasteiger partial charge >= 0.3 is 6.09 Å². The number of ether oxygens (including phenoxy) is 1. The first-order valence-electron chi connectivity index (χ1n) is 14.9. The van der Waals surface area contributed by atoms with Crippen molar-refractivity contribution >= 4 is 17.1 Å². The number of hydrogen-bond donors (Lipinski definition) is 3. The number of fused-ring (bicyclic) bond motifs is 4. The van der Waals surface area contributed by atoms with Gasteiger partial charge < -0.3 is 20.0 Å². The highest BCUT2D eigenvalue weighted by molar-refractivity contribution is 5.83. The second-order valence-electron chi connectivity index (χ2n) is 12.7. The van der Waals surface area contributed by atoms with E-state index in [1.165, 1.54) is 27.8 Å². The molecule has 212 valence electrons. The van der Waals surface area contributed by atoms with Gasteiger partial charge in [-0.2, -0.15) is 0 Å². The van der Waals surface area contributed by atoms with Crippen LogP contribution >= 0.6 is 0 Å². The molecule has 1 amide bonds. The van der Waals surface area contributed by atoms with Crippen LogP contribution in [-0.2, 0) is 17.6 Å². The Kier molecular flexibility index (Phi) is 6.27. The third kappa shape index (κ3) is 4.84. The molecule has 2 aromatic heterocycles. The monoisotopic (exact) mass is 550 g/mol. The van der Waals surface area contributed by atoms with E-state index in [9.17, 15) is 4.79 Å². The van der Waals surface area contributed by atoms with E-state index in [1.54, 1.807) is 0 Å². The number of amides is 1. The van der Waals surface area contributed by atoms with Crippen molar-refractivity contribution < 1.29 is 9.53 Å². The maximum atomic E-state index is 12.9. The summed E-state index contributed by atoms with van der Waals surface area (Å²) in [5, 5.41) is 3.49. The Bertz CT molecular complexity index is 1660. The molecule has 4 aromatic rings. The number of nitrogens with one attached hydrogen (secondary N) is 3. The fourth-order valence-electron chi connectivity index (χ4n) is 6.55. The van der Waals surface area contributed by atoms with Crippen molar-refractivity contribution in [3.63, 3.8) is 0 Å². The molecule has 2 aliphatic heterocycles. The zero-order chi connectivity index (χ0) is 28.3. The fourth-order valence-corrected chi connectivity index (χ4v) is 6.55. The second-order valence-corrected chi connectivity index (χ2v) is 12.7. The average molecular weight is 551 g/mol. The molecule has 1 aliphatic carbocycles. The standard InChI is InChI=1S/C33H38N6O2/c1-19-14-15-34-28(19)31-35-24-13-11-21(18-26(24)37-31)20-10-12-23-22(17-20)7-5-8-25-29(23)38-30(36-25)27-9-6-16-39(27)32(40)41-33(2,3)4/h10-13,17-18,27-28,34H,1,5-9,14-16H2,2-4H3,(H,35,37)(H,36,38). The van der Waals surface area contributed by atoms with Crippen LogP contribution in [-0.4, -0.2) is 49.6 Å². The largest absolute Gasteiger partial charge is 0.444 e. The number of nitrogens with zero attached hydrogens (tertiary/aromatic N) is 3. The van der Waals surface area contributed by atoms with Crippen molar-refractivity contribution in [1.82, 2.24) is 30.2 Å². The van der Waals surface area contributed by atoms with Crippen LogP contribution in [0.25, 0.3) is 33.4 Å². The first-order valence-corrected chi connectivity index (χ1v) is 14.9. The fraction of sp³-hybridized carbons (Fsp3) is 0.424. The first kappa shape index (κ1) is 26.0. The number of aromatic amines is 2. The summed E-state index contributed by atoms with van der Waals surface area (Å²) < 4.78 is 5.70. The Hall–Kier alpha value is -3.91. The summed E-state index contributed by atoms with van der Waals surface area (Å²) >= 11 is 0. The molecule has 2 saturated heterocycles. The van der Waals surface area contributed by atoms with Crippen LogP contribution in [0.15, 0.2) is 48.6 Å². The predicted octanol–water partition coefficient (Wildman–Crippen LogP) is 6.77. The minimum absolute atomic E-state index is 0.0814. The maximum Gasteiger partial charge on any atom is 0.410 e. The van der Waals surface area contributed by atoms with Gasteiger partial charge in [-0.1, -0.05) is 36.4 Å². The lowest BCUT2D eigenvalue weighted by atomic mass is 9.96. The van der Waals surface area contributed by atoms with Crippen LogP contribution in [0.2, 0.25) is 0 Å². The van der Waals surface area contributed by atoms with Crippen LogP contribution in [0.4, 0.5) is 4.79 Å². The van der Waals surface area contributed by atoms with E-state index in [1.807, 2.05) is 25.7 Å². The van der Waals surface area contributed by atoms with Crippen LogP contribution in [0.5, 0.6) is 0 Å². The zero-order valence-corrected chi connectivity index (χ0v) is 24.1. The summed E-state index contributed by atoms with van der Waals surface area (Å²) in [5.41, 5.74) is 9.71. The van der Waals surface area contributed by atoms with Gasteiger partial charge in [0.15, 0.2) is 0 Å². The summed E-state index contributed by atoms with van der Waals surface area (Å²) in [5.74, 6) is 1.81. The number of rotatable bonds is 3. The SMILES string of the molecule is C=C1CCNC1c1nc2ccc(-c3ccc4c(c3)CCCc3[nH]c(C5CCCN5C(=O)OC(C)(C)C)nc3-4)cc2[nH]1. The highest BCUT2D eigenvalue weighted by atomic mass is 16.6. The lowest BCUT2D eigenvalue weighted by molar-refractivity contribution is 0.0218. The van der Waals surface area contributed by atoms with Gasteiger partial charge in [0.25, 0.3) is 0 Å². The molecular weight excluding hydrogens is 512 g/mol. The number of aromatic nitrogens is 4. The van der Waals surface area contributed by atoms with E-state index in [0.717, 1.165) is 79.1 Å². The highest BCUT2D eigenvalue weighted by Crippen LogP contribution is 2.38. The summed E-state index contributed by atoms with van der Waals surface area (Å²) in [6, 6.07) is 13.2. The molecular formula is C33H38N6O2. The Morgan fingerprint density at radius 3 is 2.63 bits per heavy atom. The Labute approximate surface area is 240 Å². The van der Waals surface area contributed by atoms with Gasteiger partial charge in [-0.15, -0.1) is 0 Å². The molecule has 8 nitrogen and oxygen atoms in total. The summed E-state index contributed by atoms with van der Waals surface area (Å²) in [6.07, 6.45) is 5.55. The number of hydrogen-bond acceptors (Lipinski definition) is 5. The van der Waals surface area contributed by atoms with Crippen LogP contribution in [0.1, 0.15) is 81.4 Å². The number of H-pyrrole nitrogens is 2. The van der Waals surface area contributed by atoms with Gasteiger partial charge in [0.1, 0.15) is 17.2 Å². The normalized spacial score (nSPS) is 20.8. The molecule has 0 bridgehead atoms. The van der Waals surface area contributed by atoms with Crippen molar-refractivity contribution in [1.29, 1.82) is 0 Å². The van der Waals surface area contributed by atoms with Crippen molar-refractivity contribution in [3.8, 4) is 22.4 Å². The van der Waals surface area contributed by atoms with Gasteiger partial charge in [0, 0.05) is 17.8 Å². The van der Waals surface area contributed by atoms with E-state index in [0.29, 0.717) is 6.54 Å². The molecule has 8 heteroatoms. The molecule has 2 fully saturated rings. The molecule has 2 atom stereocenters. The first-order chi connectivity index (χ1) is 19.7. The number of likely N-dealkylation sites (tertiary alicyclic amines) is 1. The molecule has 41 heavy (non-hydrogen) atoms. The van der Waals surface area contributed by atoms with Crippen LogP contribution < -0.4 is 5.32 Å². The molecule has 2 aromatic carbocycles. The minimum atomic E-state index is -0.520. The quantitative estimate of drug-likeness (QED) is 0.245. The van der Waals surface area contributed by atoms with Gasteiger partial charge in [-0.05, 0) is 94.7 Å². The summed E-state index contributed by atoms with van der Waals surface area (Å²) in [7, 11) is 0. The number of benzene rings is 2. The average Bonchev–Trinajstić information content (AvgIpc) is 3.72. The van der Waals surface area contributed by atoms with Crippen molar-refractivity contribution in [2.24, 2.45) is 0 Å². The number of imidazole rings is 2. The van der Waals surface area contributed by atoms with E-state index < -0.39 is 5.60 Å². The molecule has 7 rings (SSSR count). The summed E-state index contributed by atoms with van der Waals surface area (Å²) in [6.45, 7) is 11.6. The third-order valence-electron chi connectivity index (χ3n) is 8.54. The molecule has 3 N–H and O–H groups in total. The van der Waals surface area contributed by atoms with E-state index in [2.05, 4.69) is 58.3 Å². The second kappa shape index (κ2) is 9.87. The number of carbonyl (C=O) groups excluding carboxylic acids is 1. The van der Waals surface area contributed by atoms with Crippen molar-refractivity contribution in [2.45, 2.75) is 77.0 Å². The van der Waals surface area contributed by atoms with Gasteiger partial charge in [0.05, 0.1) is 28.8 Å². The predicted molar refractivity (Wildman–Crippen MR) is 161 cm³/mol.